The van der Waals surface area contributed by atoms with Crippen LogP contribution in [0.25, 0.3) is 0 Å². The van der Waals surface area contributed by atoms with Crippen LogP contribution < -0.4 is 5.73 Å². The highest BCUT2D eigenvalue weighted by atomic mass is 16.4. The van der Waals surface area contributed by atoms with Crippen LogP contribution in [0.1, 0.15) is 30.1 Å². The number of rotatable bonds is 3. The van der Waals surface area contributed by atoms with Gasteiger partial charge in [-0.2, -0.15) is 4.98 Å². The minimum Gasteiger partial charge on any atom is -0.476 e. The Morgan fingerprint density at radius 1 is 1.69 bits per heavy atom. The lowest BCUT2D eigenvalue weighted by atomic mass is 10.1. The summed E-state index contributed by atoms with van der Waals surface area (Å²) in [6.45, 7) is 3.93. The number of anilines is 1. The van der Waals surface area contributed by atoms with Crippen molar-refractivity contribution in [1.29, 1.82) is 0 Å². The number of hydrogen-bond donors (Lipinski definition) is 2. The van der Waals surface area contributed by atoms with Gasteiger partial charge in [-0.3, -0.25) is 0 Å². The molecule has 0 spiro atoms. The van der Waals surface area contributed by atoms with Crippen LogP contribution in [-0.2, 0) is 6.42 Å². The van der Waals surface area contributed by atoms with Crippen molar-refractivity contribution in [3.05, 3.63) is 11.5 Å². The van der Waals surface area contributed by atoms with E-state index in [0.29, 0.717) is 18.1 Å². The van der Waals surface area contributed by atoms with Crippen LogP contribution in [0.3, 0.4) is 0 Å². The predicted octanol–water partition coefficient (Wildman–Crippen LogP) is 1.15. The number of nitrogen functional groups attached to an aromatic ring is 1. The number of oxazole rings is 1. The zero-order chi connectivity index (χ0) is 10.0. The molecule has 0 saturated heterocycles. The van der Waals surface area contributed by atoms with E-state index in [1.807, 2.05) is 13.8 Å². The maximum atomic E-state index is 10.6. The molecule has 5 heteroatoms. The average Bonchev–Trinajstić information content (AvgIpc) is 2.29. The molecular weight excluding hydrogens is 172 g/mol. The van der Waals surface area contributed by atoms with Crippen molar-refractivity contribution in [3.63, 3.8) is 0 Å². The number of hydrogen-bond acceptors (Lipinski definition) is 4. The van der Waals surface area contributed by atoms with E-state index in [1.54, 1.807) is 0 Å². The summed E-state index contributed by atoms with van der Waals surface area (Å²) in [7, 11) is 0. The van der Waals surface area contributed by atoms with Crippen molar-refractivity contribution in [2.24, 2.45) is 5.92 Å². The van der Waals surface area contributed by atoms with Gasteiger partial charge in [-0.05, 0) is 5.92 Å². The van der Waals surface area contributed by atoms with Crippen molar-refractivity contribution in [1.82, 2.24) is 4.98 Å². The van der Waals surface area contributed by atoms with Crippen LogP contribution in [0.5, 0.6) is 0 Å². The van der Waals surface area contributed by atoms with E-state index in [1.165, 1.54) is 0 Å². The molecule has 0 aliphatic heterocycles. The molecule has 0 unspecified atom stereocenters. The average molecular weight is 184 g/mol. The number of carboxylic acid groups (broad SMARTS) is 1. The second-order valence-corrected chi connectivity index (χ2v) is 3.23. The highest BCUT2D eigenvalue weighted by Crippen LogP contribution is 2.16. The largest absolute Gasteiger partial charge is 0.476 e. The third kappa shape index (κ3) is 2.21. The number of carbonyl (C=O) groups is 1. The van der Waals surface area contributed by atoms with E-state index in [0.717, 1.165) is 0 Å². The summed E-state index contributed by atoms with van der Waals surface area (Å²) in [4.78, 5) is 14.2. The fourth-order valence-electron chi connectivity index (χ4n) is 1.05. The molecule has 1 aromatic heterocycles. The van der Waals surface area contributed by atoms with E-state index < -0.39 is 5.97 Å². The number of aromatic carboxylic acids is 1. The van der Waals surface area contributed by atoms with Gasteiger partial charge >= 0.3 is 5.97 Å². The Bertz CT molecular complexity index is 317. The number of carboxylic acids is 1. The highest BCUT2D eigenvalue weighted by Gasteiger charge is 2.18. The zero-order valence-electron chi connectivity index (χ0n) is 7.57. The molecule has 5 nitrogen and oxygen atoms in total. The number of nitrogens with zero attached hydrogens (tertiary/aromatic N) is 1. The molecule has 0 bridgehead atoms. The summed E-state index contributed by atoms with van der Waals surface area (Å²) < 4.78 is 4.97. The van der Waals surface area contributed by atoms with Gasteiger partial charge in [-0.1, -0.05) is 13.8 Å². The minimum absolute atomic E-state index is 0.0776. The summed E-state index contributed by atoms with van der Waals surface area (Å²) in [5, 5.41) is 8.71. The van der Waals surface area contributed by atoms with Gasteiger partial charge in [0.05, 0.1) is 0 Å². The zero-order valence-corrected chi connectivity index (χ0v) is 7.57. The summed E-state index contributed by atoms with van der Waals surface area (Å²) >= 11 is 0. The molecule has 0 aliphatic carbocycles. The molecule has 13 heavy (non-hydrogen) atoms. The van der Waals surface area contributed by atoms with Gasteiger partial charge in [0.1, 0.15) is 5.76 Å². The SMILES string of the molecule is CC(C)Cc1oc(N)nc1C(=O)O. The van der Waals surface area contributed by atoms with Crippen molar-refractivity contribution < 1.29 is 14.3 Å². The Kier molecular flexibility index (Phi) is 2.55. The van der Waals surface area contributed by atoms with Gasteiger partial charge in [-0.25, -0.2) is 4.79 Å². The second kappa shape index (κ2) is 3.47. The molecule has 0 fully saturated rings. The van der Waals surface area contributed by atoms with Gasteiger partial charge < -0.3 is 15.3 Å². The lowest BCUT2D eigenvalue weighted by molar-refractivity contribution is 0.0688. The lowest BCUT2D eigenvalue weighted by Crippen LogP contribution is -2.03. The molecule has 1 aromatic rings. The van der Waals surface area contributed by atoms with Gasteiger partial charge in [0, 0.05) is 6.42 Å². The van der Waals surface area contributed by atoms with E-state index >= 15 is 0 Å². The topological polar surface area (TPSA) is 89.4 Å². The van der Waals surface area contributed by atoms with Crippen molar-refractivity contribution in [3.8, 4) is 0 Å². The lowest BCUT2D eigenvalue weighted by Gasteiger charge is -2.00. The molecule has 3 N–H and O–H groups in total. The third-order valence-corrected chi connectivity index (χ3v) is 1.51. The predicted molar refractivity (Wildman–Crippen MR) is 46.4 cm³/mol. The Hall–Kier alpha value is -1.52. The summed E-state index contributed by atoms with van der Waals surface area (Å²) in [6, 6.07) is -0.0898. The fourth-order valence-corrected chi connectivity index (χ4v) is 1.05. The van der Waals surface area contributed by atoms with Crippen LogP contribution in [-0.4, -0.2) is 16.1 Å². The van der Waals surface area contributed by atoms with Gasteiger partial charge in [0.15, 0.2) is 5.69 Å². The summed E-state index contributed by atoms with van der Waals surface area (Å²) in [6.07, 6.45) is 0.534. The van der Waals surface area contributed by atoms with Crippen molar-refractivity contribution in [2.45, 2.75) is 20.3 Å². The molecule has 0 aromatic carbocycles. The molecule has 0 amide bonds. The molecule has 72 valence electrons. The number of aromatic nitrogens is 1. The molecule has 1 rings (SSSR count). The first-order chi connectivity index (χ1) is 6.00. The van der Waals surface area contributed by atoms with Crippen LogP contribution in [0.15, 0.2) is 4.42 Å². The van der Waals surface area contributed by atoms with Gasteiger partial charge in [0.2, 0.25) is 0 Å². The Balaban J connectivity index is 2.97. The normalized spacial score (nSPS) is 10.7. The van der Waals surface area contributed by atoms with Gasteiger partial charge in [-0.15, -0.1) is 0 Å². The van der Waals surface area contributed by atoms with Crippen LogP contribution in [0.4, 0.5) is 6.01 Å². The van der Waals surface area contributed by atoms with Crippen LogP contribution >= 0.6 is 0 Å². The van der Waals surface area contributed by atoms with Crippen LogP contribution in [0, 0.1) is 5.92 Å². The quantitative estimate of drug-likeness (QED) is 0.735. The third-order valence-electron chi connectivity index (χ3n) is 1.51. The maximum Gasteiger partial charge on any atom is 0.358 e. The van der Waals surface area contributed by atoms with E-state index in [4.69, 9.17) is 15.3 Å². The smallest absolute Gasteiger partial charge is 0.358 e. The summed E-state index contributed by atoms with van der Waals surface area (Å²) in [5.74, 6) is -0.443. The van der Waals surface area contributed by atoms with E-state index in [-0.39, 0.29) is 11.7 Å². The first kappa shape index (κ1) is 9.57. The molecular formula is C8H12N2O3. The summed E-state index contributed by atoms with van der Waals surface area (Å²) in [5.41, 5.74) is 5.17. The first-order valence-corrected chi connectivity index (χ1v) is 3.99. The standard InChI is InChI=1S/C8H12N2O3/c1-4(2)3-5-6(7(11)12)10-8(9)13-5/h4H,3H2,1-2H3,(H2,9,10)(H,11,12). The second-order valence-electron chi connectivity index (χ2n) is 3.23. The van der Waals surface area contributed by atoms with Crippen molar-refractivity contribution in [2.75, 3.05) is 5.73 Å². The van der Waals surface area contributed by atoms with Gasteiger partial charge in [0.25, 0.3) is 6.01 Å². The number of nitrogens with two attached hydrogens (primary N) is 1. The van der Waals surface area contributed by atoms with E-state index in [9.17, 15) is 4.79 Å². The Morgan fingerprint density at radius 2 is 2.31 bits per heavy atom. The molecule has 0 aliphatic rings. The fraction of sp³-hybridized carbons (Fsp3) is 0.500. The highest BCUT2D eigenvalue weighted by molar-refractivity contribution is 5.86. The van der Waals surface area contributed by atoms with E-state index in [2.05, 4.69) is 4.98 Å². The minimum atomic E-state index is -1.10. The maximum absolute atomic E-state index is 10.6. The first-order valence-electron chi connectivity index (χ1n) is 3.99. The Morgan fingerprint density at radius 3 is 2.77 bits per heavy atom. The van der Waals surface area contributed by atoms with Crippen molar-refractivity contribution >= 4 is 12.0 Å². The molecule has 0 atom stereocenters. The Labute approximate surface area is 75.6 Å². The van der Waals surface area contributed by atoms with Crippen LogP contribution in [0.2, 0.25) is 0 Å². The molecule has 1 heterocycles. The molecule has 0 saturated carbocycles. The molecule has 0 radical (unpaired) electrons. The monoisotopic (exact) mass is 184 g/mol.